The second kappa shape index (κ2) is 7.39. The minimum absolute atomic E-state index is 0.196. The summed E-state index contributed by atoms with van der Waals surface area (Å²) in [4.78, 5) is 36.3. The first kappa shape index (κ1) is 17.7. The molecule has 0 radical (unpaired) electrons. The first-order valence-electron chi connectivity index (χ1n) is 8.46. The van der Waals surface area contributed by atoms with E-state index in [2.05, 4.69) is 5.32 Å². The molecule has 0 spiro atoms. The molecule has 1 aliphatic rings. The van der Waals surface area contributed by atoms with Crippen molar-refractivity contribution in [3.63, 3.8) is 0 Å². The van der Waals surface area contributed by atoms with Crippen molar-refractivity contribution in [1.29, 1.82) is 0 Å². The Morgan fingerprint density at radius 2 is 1.58 bits per heavy atom. The van der Waals surface area contributed by atoms with Gasteiger partial charge in [0.15, 0.2) is 0 Å². The molecule has 0 heterocycles. The fourth-order valence-corrected chi connectivity index (χ4v) is 3.30. The highest BCUT2D eigenvalue weighted by Gasteiger charge is 2.35. The van der Waals surface area contributed by atoms with Gasteiger partial charge in [-0.25, -0.2) is 0 Å². The fourth-order valence-electron chi connectivity index (χ4n) is 3.30. The summed E-state index contributed by atoms with van der Waals surface area (Å²) in [6, 6.07) is 14.2. The molecule has 2 aromatic carbocycles. The van der Waals surface area contributed by atoms with Gasteiger partial charge in [-0.2, -0.15) is 0 Å². The van der Waals surface area contributed by atoms with Crippen molar-refractivity contribution in [3.05, 3.63) is 59.7 Å². The SMILES string of the molecule is CCOC(=O)C[C@@H](NC(=O)C1c2ccccc2-c2ccccc21)C(N)=O. The zero-order chi connectivity index (χ0) is 18.7. The minimum Gasteiger partial charge on any atom is -0.466 e. The predicted molar refractivity (Wildman–Crippen MR) is 96.1 cm³/mol. The van der Waals surface area contributed by atoms with Crippen LogP contribution in [0.15, 0.2) is 48.5 Å². The zero-order valence-corrected chi connectivity index (χ0v) is 14.4. The molecule has 134 valence electrons. The number of hydrogen-bond acceptors (Lipinski definition) is 4. The van der Waals surface area contributed by atoms with E-state index in [9.17, 15) is 14.4 Å². The maximum absolute atomic E-state index is 13.0. The number of esters is 1. The van der Waals surface area contributed by atoms with Crippen LogP contribution >= 0.6 is 0 Å². The third kappa shape index (κ3) is 3.31. The number of ether oxygens (including phenoxy) is 1. The summed E-state index contributed by atoms with van der Waals surface area (Å²) in [5.41, 5.74) is 9.07. The van der Waals surface area contributed by atoms with E-state index in [0.717, 1.165) is 22.3 Å². The Balaban J connectivity index is 1.87. The highest BCUT2D eigenvalue weighted by atomic mass is 16.5. The Morgan fingerprint density at radius 1 is 1.04 bits per heavy atom. The minimum atomic E-state index is -1.11. The number of nitrogens with two attached hydrogens (primary N) is 1. The zero-order valence-electron chi connectivity index (χ0n) is 14.4. The molecule has 0 bridgehead atoms. The van der Waals surface area contributed by atoms with Crippen LogP contribution in [0.3, 0.4) is 0 Å². The summed E-state index contributed by atoms with van der Waals surface area (Å²) in [5.74, 6) is -2.27. The van der Waals surface area contributed by atoms with Gasteiger partial charge in [-0.15, -0.1) is 0 Å². The lowest BCUT2D eigenvalue weighted by molar-refractivity contribution is -0.145. The Bertz CT molecular complexity index is 817. The number of hydrogen-bond donors (Lipinski definition) is 2. The van der Waals surface area contributed by atoms with Crippen molar-refractivity contribution in [2.24, 2.45) is 5.73 Å². The van der Waals surface area contributed by atoms with Crippen LogP contribution in [0.5, 0.6) is 0 Å². The van der Waals surface area contributed by atoms with Crippen molar-refractivity contribution in [2.45, 2.75) is 25.3 Å². The third-order valence-electron chi connectivity index (χ3n) is 4.43. The van der Waals surface area contributed by atoms with E-state index in [1.165, 1.54) is 0 Å². The highest BCUT2D eigenvalue weighted by Crippen LogP contribution is 2.44. The average molecular weight is 352 g/mol. The molecule has 1 aliphatic carbocycles. The second-order valence-corrected chi connectivity index (χ2v) is 6.08. The molecule has 0 saturated carbocycles. The van der Waals surface area contributed by atoms with E-state index < -0.39 is 23.8 Å². The normalized spacial score (nSPS) is 13.4. The van der Waals surface area contributed by atoms with Crippen LogP contribution in [0.2, 0.25) is 0 Å². The fraction of sp³-hybridized carbons (Fsp3) is 0.250. The Morgan fingerprint density at radius 3 is 2.08 bits per heavy atom. The molecular formula is C20H20N2O4. The third-order valence-corrected chi connectivity index (χ3v) is 4.43. The molecule has 0 unspecified atom stereocenters. The number of rotatable bonds is 6. The summed E-state index contributed by atoms with van der Waals surface area (Å²) in [6.07, 6.45) is -0.287. The second-order valence-electron chi connectivity index (χ2n) is 6.08. The molecule has 6 nitrogen and oxygen atoms in total. The smallest absolute Gasteiger partial charge is 0.308 e. The van der Waals surface area contributed by atoms with Gasteiger partial charge in [0, 0.05) is 0 Å². The number of carbonyl (C=O) groups is 3. The molecule has 0 fully saturated rings. The van der Waals surface area contributed by atoms with Gasteiger partial charge in [-0.3, -0.25) is 14.4 Å². The van der Waals surface area contributed by atoms with Gasteiger partial charge in [0.2, 0.25) is 11.8 Å². The van der Waals surface area contributed by atoms with Crippen molar-refractivity contribution in [2.75, 3.05) is 6.61 Å². The average Bonchev–Trinajstić information content (AvgIpc) is 2.96. The summed E-state index contributed by atoms with van der Waals surface area (Å²) >= 11 is 0. The largest absolute Gasteiger partial charge is 0.466 e. The van der Waals surface area contributed by atoms with Crippen molar-refractivity contribution < 1.29 is 19.1 Å². The Labute approximate surface area is 151 Å². The van der Waals surface area contributed by atoms with Crippen LogP contribution in [0, 0.1) is 0 Å². The van der Waals surface area contributed by atoms with Crippen LogP contribution in [0.1, 0.15) is 30.4 Å². The van der Waals surface area contributed by atoms with Gasteiger partial charge >= 0.3 is 5.97 Å². The number of benzene rings is 2. The molecule has 2 aromatic rings. The van der Waals surface area contributed by atoms with E-state index in [1.807, 2.05) is 48.5 Å². The van der Waals surface area contributed by atoms with E-state index in [4.69, 9.17) is 10.5 Å². The Hall–Kier alpha value is -3.15. The van der Waals surface area contributed by atoms with Gasteiger partial charge in [0.25, 0.3) is 0 Å². The lowest BCUT2D eigenvalue weighted by Gasteiger charge is -2.19. The molecule has 3 rings (SSSR count). The van der Waals surface area contributed by atoms with E-state index >= 15 is 0 Å². The number of primary amides is 1. The van der Waals surface area contributed by atoms with Gasteiger partial charge < -0.3 is 15.8 Å². The topological polar surface area (TPSA) is 98.5 Å². The molecule has 0 aliphatic heterocycles. The van der Waals surface area contributed by atoms with Crippen LogP contribution in [-0.4, -0.2) is 30.4 Å². The lowest BCUT2D eigenvalue weighted by Crippen LogP contribution is -2.47. The molecule has 0 saturated heterocycles. The summed E-state index contributed by atoms with van der Waals surface area (Å²) in [6.45, 7) is 1.86. The van der Waals surface area contributed by atoms with Crippen molar-refractivity contribution in [1.82, 2.24) is 5.32 Å². The van der Waals surface area contributed by atoms with Crippen molar-refractivity contribution in [3.8, 4) is 11.1 Å². The molecule has 2 amide bonds. The van der Waals surface area contributed by atoms with Crippen LogP contribution in [0.25, 0.3) is 11.1 Å². The van der Waals surface area contributed by atoms with Crippen molar-refractivity contribution >= 4 is 17.8 Å². The first-order chi connectivity index (χ1) is 12.5. The van der Waals surface area contributed by atoms with Gasteiger partial charge in [0.1, 0.15) is 6.04 Å². The molecule has 6 heteroatoms. The molecule has 3 N–H and O–H groups in total. The number of amides is 2. The van der Waals surface area contributed by atoms with E-state index in [1.54, 1.807) is 6.92 Å². The molecule has 0 aromatic heterocycles. The van der Waals surface area contributed by atoms with Crippen LogP contribution in [-0.2, 0) is 19.1 Å². The summed E-state index contributed by atoms with van der Waals surface area (Å²) in [5, 5.41) is 2.62. The summed E-state index contributed by atoms with van der Waals surface area (Å²) in [7, 11) is 0. The predicted octanol–water partition coefficient (Wildman–Crippen LogP) is 1.72. The maximum Gasteiger partial charge on any atom is 0.308 e. The number of carbonyl (C=O) groups excluding carboxylic acids is 3. The van der Waals surface area contributed by atoms with E-state index in [0.29, 0.717) is 0 Å². The monoisotopic (exact) mass is 352 g/mol. The first-order valence-corrected chi connectivity index (χ1v) is 8.46. The highest BCUT2D eigenvalue weighted by molar-refractivity contribution is 5.98. The molecule has 1 atom stereocenters. The summed E-state index contributed by atoms with van der Waals surface area (Å²) < 4.78 is 4.84. The maximum atomic E-state index is 13.0. The van der Waals surface area contributed by atoms with Crippen LogP contribution in [0.4, 0.5) is 0 Å². The van der Waals surface area contributed by atoms with Crippen LogP contribution < -0.4 is 11.1 Å². The quantitative estimate of drug-likeness (QED) is 0.774. The molecular weight excluding hydrogens is 332 g/mol. The number of fused-ring (bicyclic) bond motifs is 3. The van der Waals surface area contributed by atoms with Gasteiger partial charge in [-0.1, -0.05) is 48.5 Å². The van der Waals surface area contributed by atoms with Gasteiger partial charge in [-0.05, 0) is 29.2 Å². The Kier molecular flexibility index (Phi) is 5.02. The lowest BCUT2D eigenvalue weighted by atomic mass is 9.95. The standard InChI is InChI=1S/C20H20N2O4/c1-2-26-17(23)11-16(19(21)24)22-20(25)18-14-9-5-3-7-12(14)13-8-4-6-10-15(13)18/h3-10,16,18H,2,11H2,1H3,(H2,21,24)(H,22,25)/t16-/m1/s1. The van der Waals surface area contributed by atoms with E-state index in [-0.39, 0.29) is 18.9 Å². The molecule has 26 heavy (non-hydrogen) atoms. The van der Waals surface area contributed by atoms with Gasteiger partial charge in [0.05, 0.1) is 18.9 Å². The number of nitrogens with one attached hydrogen (secondary N) is 1.